The molecule has 0 aliphatic carbocycles. The average Bonchev–Trinajstić information content (AvgIpc) is 0.666. The van der Waals surface area contributed by atoms with Crippen LogP contribution in [0, 0.1) is 0 Å². The van der Waals surface area contributed by atoms with Crippen molar-refractivity contribution >= 4 is 78.1 Å². The molecule has 0 fully saturated rings. The molecular weight excluding hydrogens is 1510 g/mol. The first-order valence-electron chi connectivity index (χ1n) is 29.3. The van der Waals surface area contributed by atoms with E-state index in [4.69, 9.17) is 0 Å². The topological polar surface area (TPSA) is 74.8 Å². The van der Waals surface area contributed by atoms with Gasteiger partial charge in [0.15, 0.2) is 0 Å². The molecule has 0 atom stereocenters. The number of carbonyl (C=O) groups is 4. The molecule has 6 nitrogen and oxygen atoms in total. The third-order valence-corrected chi connectivity index (χ3v) is 18.1. The summed E-state index contributed by atoms with van der Waals surface area (Å²) in [6, 6.07) is 5.23. The van der Waals surface area contributed by atoms with Crippen LogP contribution in [0.25, 0.3) is 43.1 Å². The van der Waals surface area contributed by atoms with Gasteiger partial charge in [-0.1, -0.05) is 104 Å². The molecule has 0 radical (unpaired) electrons. The molecule has 0 bridgehead atoms. The van der Waals surface area contributed by atoms with Crippen LogP contribution in [0.2, 0.25) is 0 Å². The van der Waals surface area contributed by atoms with Gasteiger partial charge >= 0.3 is 95.3 Å². The van der Waals surface area contributed by atoms with Crippen molar-refractivity contribution in [3.8, 4) is 0 Å². The summed E-state index contributed by atoms with van der Waals surface area (Å²) in [5.74, 6) is -139. The number of fused-ring (bicyclic) bond motifs is 2. The van der Waals surface area contributed by atoms with Gasteiger partial charge in [-0.15, -0.1) is 0 Å². The van der Waals surface area contributed by atoms with Crippen molar-refractivity contribution in [3.05, 3.63) is 128 Å². The van der Waals surface area contributed by atoms with E-state index < -0.39 is 253 Å². The van der Waals surface area contributed by atoms with E-state index in [0.29, 0.717) is 4.90 Å². The summed E-state index contributed by atoms with van der Waals surface area (Å²) in [6.07, 6.45) is -16.6. The van der Waals surface area contributed by atoms with E-state index in [0.717, 1.165) is 45.9 Å². The fourth-order valence-electron chi connectivity index (χ4n) is 12.6. The number of rotatable bonds is 20. The van der Waals surface area contributed by atoms with Gasteiger partial charge in [-0.2, -0.15) is 149 Å². The first-order chi connectivity index (χ1) is 46.6. The van der Waals surface area contributed by atoms with Gasteiger partial charge in [0.2, 0.25) is 0 Å². The highest BCUT2D eigenvalue weighted by Gasteiger charge is 2.97. The van der Waals surface area contributed by atoms with Crippen molar-refractivity contribution in [3.63, 3.8) is 0 Å². The van der Waals surface area contributed by atoms with E-state index in [1.165, 1.54) is 45.9 Å². The lowest BCUT2D eigenvalue weighted by Crippen LogP contribution is -2.74. The third kappa shape index (κ3) is 9.74. The lowest BCUT2D eigenvalue weighted by Gasteiger charge is -2.43. The molecule has 40 heteroatoms. The van der Waals surface area contributed by atoms with E-state index in [2.05, 4.69) is 0 Å². The maximum Gasteiger partial charge on any atom is 0.460 e. The zero-order chi connectivity index (χ0) is 79.8. The standard InChI is InChI=1S/C64H40F34N2O4/c1-21(2)25-11-9-12-26(22(3)4)43(25)99-45(101)31-17-15-29-37-30(16-18-32(38(31)37)46(99)102)41-36(50(67,68)52(71,72)54(75,76)56(79,80)58(83,84)60(87,88)62(91,92)64(96,97)98)20-34-39-33(47(103)100(48(34)104)44-27(23(5)6)13-10-14-28(44)24(7)8)19-35(40(29)42(39)41)49(65,66)51(69,70)53(73,74)55(77,78)57(81,82)59(85,86)61(89,90)63(93,94)95/h9-24H,1-8H3. The Balaban J connectivity index is 1.55. The van der Waals surface area contributed by atoms with E-state index in [9.17, 15) is 61.5 Å². The molecule has 2 aliphatic heterocycles. The molecule has 7 aromatic carbocycles. The maximum atomic E-state index is 18.0. The van der Waals surface area contributed by atoms with Crippen LogP contribution in [0.3, 0.4) is 0 Å². The Labute approximate surface area is 558 Å². The highest BCUT2D eigenvalue weighted by Crippen LogP contribution is 2.69. The fourth-order valence-corrected chi connectivity index (χ4v) is 12.6. The predicted octanol–water partition coefficient (Wildman–Crippen LogP) is 22.8. The van der Waals surface area contributed by atoms with Crippen molar-refractivity contribution in [2.24, 2.45) is 0 Å². The molecule has 0 saturated carbocycles. The molecule has 0 aromatic heterocycles. The Morgan fingerprint density at radius 3 is 0.712 bits per heavy atom. The molecule has 2 aliphatic rings. The largest absolute Gasteiger partial charge is 0.460 e. The highest BCUT2D eigenvalue weighted by molar-refractivity contribution is 6.46. The van der Waals surface area contributed by atoms with Crippen molar-refractivity contribution in [1.82, 2.24) is 0 Å². The Morgan fingerprint density at radius 2 is 0.471 bits per heavy atom. The monoisotopic (exact) mass is 1550 g/mol. The summed E-state index contributed by atoms with van der Waals surface area (Å²) in [6.45, 7) is 10.4. The van der Waals surface area contributed by atoms with Crippen LogP contribution in [0.15, 0.2) is 72.8 Å². The molecular formula is C64H40F34N2O4. The van der Waals surface area contributed by atoms with Crippen LogP contribution in [0.5, 0.6) is 0 Å². The molecule has 0 spiro atoms. The van der Waals surface area contributed by atoms with Crippen LogP contribution in [-0.2, 0) is 11.8 Å². The molecule has 568 valence electrons. The maximum absolute atomic E-state index is 18.0. The lowest BCUT2D eigenvalue weighted by molar-refractivity contribution is -0.462. The number of para-hydroxylation sites is 2. The molecule has 7 aromatic rings. The van der Waals surface area contributed by atoms with Crippen molar-refractivity contribution < 1.29 is 168 Å². The van der Waals surface area contributed by atoms with Crippen molar-refractivity contribution in [2.75, 3.05) is 9.80 Å². The number of amides is 4. The number of anilines is 2. The smallest absolute Gasteiger partial charge is 0.268 e. The Bertz CT molecular complexity index is 4480. The first-order valence-corrected chi connectivity index (χ1v) is 29.3. The van der Waals surface area contributed by atoms with E-state index in [-0.39, 0.29) is 41.1 Å². The van der Waals surface area contributed by atoms with Gasteiger partial charge in [-0.25, -0.2) is 9.80 Å². The zero-order valence-corrected chi connectivity index (χ0v) is 52.6. The number of hydrogen-bond donors (Lipinski definition) is 0. The van der Waals surface area contributed by atoms with E-state index in [1.807, 2.05) is 0 Å². The average molecular weight is 1550 g/mol. The van der Waals surface area contributed by atoms with Crippen LogP contribution in [0.1, 0.15) is 154 Å². The SMILES string of the molecule is CC(C)c1cccc(C(C)C)c1N1C(=O)c2ccc3c4c(C(F)(F)C(F)(F)C(F)(F)C(F)(F)C(F)(F)C(F)(F)C(F)(F)C(F)(F)F)cc5c6c(cc(C(F)(F)C(F)(F)C(F)(F)C(F)(F)C(F)(F)C(F)(F)C(F)(F)C(F)(F)F)c(c7ccc(c2c37)C1=O)c64)C(=O)N(c1c(C(C)C)cccc1C(C)C)C5=O. The van der Waals surface area contributed by atoms with Crippen LogP contribution >= 0.6 is 0 Å². The second-order valence-electron chi connectivity index (χ2n) is 25.6. The number of carbonyl (C=O) groups excluding carboxylic acids is 4. The van der Waals surface area contributed by atoms with Gasteiger partial charge in [-0.05, 0) is 91.7 Å². The number of alkyl halides is 34. The highest BCUT2D eigenvalue weighted by atomic mass is 19.4. The quantitative estimate of drug-likeness (QED) is 0.0330. The summed E-state index contributed by atoms with van der Waals surface area (Å²) in [4.78, 5) is 60.8. The summed E-state index contributed by atoms with van der Waals surface area (Å²) in [7, 11) is 0. The van der Waals surface area contributed by atoms with E-state index in [1.54, 1.807) is 0 Å². The molecule has 0 unspecified atom stereocenters. The summed E-state index contributed by atoms with van der Waals surface area (Å²) < 4.78 is 523. The lowest BCUT2D eigenvalue weighted by atomic mass is 9.75. The minimum atomic E-state index is -9.50. The second-order valence-corrected chi connectivity index (χ2v) is 25.6. The fraction of sp³-hybridized carbons (Fsp3) is 0.438. The normalized spacial score (nSPS) is 16.2. The van der Waals surface area contributed by atoms with Crippen LogP contribution in [-0.4, -0.2) is 107 Å². The number of nitrogens with zero attached hydrogens (tertiary/aromatic N) is 2. The molecule has 104 heavy (non-hydrogen) atoms. The minimum absolute atomic E-state index is 0.00734. The zero-order valence-electron chi connectivity index (χ0n) is 52.6. The Morgan fingerprint density at radius 1 is 0.250 bits per heavy atom. The third-order valence-electron chi connectivity index (χ3n) is 18.1. The van der Waals surface area contributed by atoms with Crippen molar-refractivity contribution in [1.29, 1.82) is 0 Å². The molecule has 0 saturated heterocycles. The van der Waals surface area contributed by atoms with Gasteiger partial charge in [0.1, 0.15) is 0 Å². The second kappa shape index (κ2) is 23.1. The van der Waals surface area contributed by atoms with E-state index >= 15 is 107 Å². The van der Waals surface area contributed by atoms with Crippen LogP contribution in [0.4, 0.5) is 161 Å². The first kappa shape index (κ1) is 79.8. The minimum Gasteiger partial charge on any atom is -0.268 e. The molecule has 0 N–H and O–H groups in total. The summed E-state index contributed by atoms with van der Waals surface area (Å²) >= 11 is 0. The molecule has 2 heterocycles. The van der Waals surface area contributed by atoms with Gasteiger partial charge < -0.3 is 0 Å². The van der Waals surface area contributed by atoms with Gasteiger partial charge in [0, 0.05) is 54.9 Å². The molecule has 4 amide bonds. The van der Waals surface area contributed by atoms with Gasteiger partial charge in [0.05, 0.1) is 11.4 Å². The predicted molar refractivity (Wildman–Crippen MR) is 298 cm³/mol. The van der Waals surface area contributed by atoms with Gasteiger partial charge in [-0.3, -0.25) is 19.2 Å². The van der Waals surface area contributed by atoms with Crippen molar-refractivity contribution in [2.45, 2.75) is 174 Å². The number of halogens is 34. The Kier molecular flexibility index (Phi) is 17.8. The van der Waals surface area contributed by atoms with Crippen LogP contribution < -0.4 is 9.80 Å². The number of imide groups is 2. The number of benzene rings is 7. The Hall–Kier alpha value is -8.26. The summed E-state index contributed by atoms with van der Waals surface area (Å²) in [5, 5.41) is -17.2. The number of hydrogen-bond acceptors (Lipinski definition) is 4. The molecule has 9 rings (SSSR count). The summed E-state index contributed by atoms with van der Waals surface area (Å²) in [5.41, 5.74) is -16.6. The van der Waals surface area contributed by atoms with Gasteiger partial charge in [0.25, 0.3) is 23.6 Å².